The lowest BCUT2D eigenvalue weighted by atomic mass is 10.0. The fourth-order valence-corrected chi connectivity index (χ4v) is 3.76. The number of rotatable bonds is 3. The first-order valence-corrected chi connectivity index (χ1v) is 8.05. The van der Waals surface area contributed by atoms with Crippen LogP contribution in [0.15, 0.2) is 29.0 Å². The number of hydrogen-bond acceptors (Lipinski definition) is 5. The molecule has 2 fully saturated rings. The lowest BCUT2D eigenvalue weighted by Crippen LogP contribution is -2.53. The number of aryl methyl sites for hydroxylation is 1. The van der Waals surface area contributed by atoms with Gasteiger partial charge in [0, 0.05) is 19.0 Å². The highest BCUT2D eigenvalue weighted by Gasteiger charge is 2.45. The third kappa shape index (κ3) is 2.55. The van der Waals surface area contributed by atoms with E-state index in [9.17, 15) is 4.79 Å². The number of furan rings is 1. The minimum absolute atomic E-state index is 0.0362. The van der Waals surface area contributed by atoms with Crippen molar-refractivity contribution < 1.29 is 13.9 Å². The second kappa shape index (κ2) is 5.81. The molecule has 23 heavy (non-hydrogen) atoms. The number of aromatic nitrogens is 3. The average Bonchev–Trinajstić information content (AvgIpc) is 3.29. The average molecular weight is 316 g/mol. The Morgan fingerprint density at radius 2 is 2.35 bits per heavy atom. The fraction of sp³-hybridized carbons (Fsp3) is 0.562. The maximum Gasteiger partial charge on any atom is 0.289 e. The first kappa shape index (κ1) is 14.4. The van der Waals surface area contributed by atoms with Gasteiger partial charge in [0.1, 0.15) is 0 Å². The topological polar surface area (TPSA) is 73.4 Å². The molecule has 1 aliphatic heterocycles. The molecular weight excluding hydrogens is 296 g/mol. The zero-order chi connectivity index (χ0) is 15.8. The third-order valence-corrected chi connectivity index (χ3v) is 4.93. The minimum atomic E-state index is -0.0362. The smallest absolute Gasteiger partial charge is 0.289 e. The number of ether oxygens (including phenoxy) is 1. The second-order valence-corrected chi connectivity index (χ2v) is 6.27. The normalized spacial score (nSPS) is 27.2. The van der Waals surface area contributed by atoms with E-state index in [0.717, 1.165) is 25.1 Å². The van der Waals surface area contributed by atoms with Crippen molar-refractivity contribution in [3.63, 3.8) is 0 Å². The molecule has 0 N–H and O–H groups in total. The number of nitrogens with zero attached hydrogens (tertiary/aromatic N) is 4. The Hall–Kier alpha value is -2.15. The first-order chi connectivity index (χ1) is 11.2. The highest BCUT2D eigenvalue weighted by Crippen LogP contribution is 2.36. The molecule has 122 valence electrons. The summed E-state index contributed by atoms with van der Waals surface area (Å²) in [6.45, 7) is 3.98. The minimum Gasteiger partial charge on any atom is -0.459 e. The van der Waals surface area contributed by atoms with Gasteiger partial charge in [0.15, 0.2) is 5.76 Å². The van der Waals surface area contributed by atoms with Crippen molar-refractivity contribution in [2.24, 2.45) is 5.92 Å². The van der Waals surface area contributed by atoms with Crippen LogP contribution < -0.4 is 0 Å². The molecule has 0 unspecified atom stereocenters. The molecule has 4 rings (SSSR count). The van der Waals surface area contributed by atoms with Gasteiger partial charge in [-0.3, -0.25) is 4.79 Å². The van der Waals surface area contributed by atoms with E-state index in [4.69, 9.17) is 9.15 Å². The molecule has 3 heterocycles. The lowest BCUT2D eigenvalue weighted by Gasteiger charge is -2.38. The van der Waals surface area contributed by atoms with E-state index >= 15 is 0 Å². The molecule has 1 saturated heterocycles. The largest absolute Gasteiger partial charge is 0.459 e. The predicted molar refractivity (Wildman–Crippen MR) is 80.8 cm³/mol. The summed E-state index contributed by atoms with van der Waals surface area (Å²) in [6, 6.07) is 3.59. The van der Waals surface area contributed by atoms with Crippen LogP contribution in [-0.2, 0) is 11.3 Å². The monoisotopic (exact) mass is 316 g/mol. The van der Waals surface area contributed by atoms with E-state index < -0.39 is 0 Å². The van der Waals surface area contributed by atoms with Gasteiger partial charge < -0.3 is 14.1 Å². The summed E-state index contributed by atoms with van der Waals surface area (Å²) in [6.07, 6.45) is 5.34. The molecule has 0 spiro atoms. The summed E-state index contributed by atoms with van der Waals surface area (Å²) in [5.41, 5.74) is 1.05. The Balaban J connectivity index is 1.50. The lowest BCUT2D eigenvalue weighted by molar-refractivity contribution is -0.0657. The summed E-state index contributed by atoms with van der Waals surface area (Å²) in [5, 5.41) is 8.07. The van der Waals surface area contributed by atoms with Gasteiger partial charge in [0.2, 0.25) is 0 Å². The van der Waals surface area contributed by atoms with Crippen LogP contribution in [-0.4, -0.2) is 51.1 Å². The molecule has 2 aromatic heterocycles. The van der Waals surface area contributed by atoms with Crippen LogP contribution in [0.2, 0.25) is 0 Å². The molecule has 1 aliphatic carbocycles. The first-order valence-electron chi connectivity index (χ1n) is 8.05. The summed E-state index contributed by atoms with van der Waals surface area (Å²) in [7, 11) is 0. The van der Waals surface area contributed by atoms with Crippen molar-refractivity contribution in [2.45, 2.75) is 38.5 Å². The number of morpholine rings is 1. The van der Waals surface area contributed by atoms with E-state index in [0.29, 0.717) is 24.8 Å². The standard InChI is InChI=1S/C16H20N4O3/c1-11-9-17-18-20(11)10-12-4-5-13-15(12)23-8-6-19(13)16(21)14-3-2-7-22-14/h2-3,7,9,12-13,15H,4-6,8,10H2,1H3/t12-,13-,15-/m1/s1. The van der Waals surface area contributed by atoms with Crippen molar-refractivity contribution in [3.05, 3.63) is 36.0 Å². The molecule has 0 radical (unpaired) electrons. The molecule has 2 aromatic rings. The second-order valence-electron chi connectivity index (χ2n) is 6.27. The van der Waals surface area contributed by atoms with Gasteiger partial charge in [-0.15, -0.1) is 5.10 Å². The van der Waals surface area contributed by atoms with E-state index in [-0.39, 0.29) is 18.1 Å². The Kier molecular flexibility index (Phi) is 3.65. The van der Waals surface area contributed by atoms with Gasteiger partial charge in [-0.1, -0.05) is 5.21 Å². The Morgan fingerprint density at radius 3 is 3.09 bits per heavy atom. The molecule has 7 nitrogen and oxygen atoms in total. The highest BCUT2D eigenvalue weighted by atomic mass is 16.5. The summed E-state index contributed by atoms with van der Waals surface area (Å²) < 4.78 is 13.2. The predicted octanol–water partition coefficient (Wildman–Crippen LogP) is 1.50. The van der Waals surface area contributed by atoms with Gasteiger partial charge in [-0.25, -0.2) is 4.68 Å². The molecule has 0 aromatic carbocycles. The van der Waals surface area contributed by atoms with Gasteiger partial charge in [0.25, 0.3) is 5.91 Å². The van der Waals surface area contributed by atoms with Crippen LogP contribution in [0.1, 0.15) is 29.1 Å². The van der Waals surface area contributed by atoms with Crippen molar-refractivity contribution >= 4 is 5.91 Å². The zero-order valence-electron chi connectivity index (χ0n) is 13.1. The molecule has 7 heteroatoms. The highest BCUT2D eigenvalue weighted by molar-refractivity contribution is 5.91. The van der Waals surface area contributed by atoms with Gasteiger partial charge in [0.05, 0.1) is 36.9 Å². The third-order valence-electron chi connectivity index (χ3n) is 4.93. The Bertz CT molecular complexity index is 681. The van der Waals surface area contributed by atoms with Crippen LogP contribution in [0, 0.1) is 12.8 Å². The van der Waals surface area contributed by atoms with E-state index in [1.54, 1.807) is 18.3 Å². The molecule has 2 aliphatic rings. The van der Waals surface area contributed by atoms with Crippen LogP contribution in [0.5, 0.6) is 0 Å². The quantitative estimate of drug-likeness (QED) is 0.858. The summed E-state index contributed by atoms with van der Waals surface area (Å²) in [4.78, 5) is 14.5. The van der Waals surface area contributed by atoms with Crippen molar-refractivity contribution in [3.8, 4) is 0 Å². The van der Waals surface area contributed by atoms with Crippen LogP contribution in [0.3, 0.4) is 0 Å². The van der Waals surface area contributed by atoms with Crippen molar-refractivity contribution in [2.75, 3.05) is 13.2 Å². The zero-order valence-corrected chi connectivity index (χ0v) is 13.1. The fourth-order valence-electron chi connectivity index (χ4n) is 3.76. The number of amides is 1. The van der Waals surface area contributed by atoms with Crippen LogP contribution in [0.25, 0.3) is 0 Å². The maximum atomic E-state index is 12.6. The molecule has 3 atom stereocenters. The molecule has 0 bridgehead atoms. The summed E-state index contributed by atoms with van der Waals surface area (Å²) >= 11 is 0. The Labute approximate surface area is 134 Å². The van der Waals surface area contributed by atoms with E-state index in [1.165, 1.54) is 6.26 Å². The number of carbonyl (C=O) groups excluding carboxylic acids is 1. The molecule has 1 saturated carbocycles. The number of hydrogen-bond donors (Lipinski definition) is 0. The van der Waals surface area contributed by atoms with Crippen molar-refractivity contribution in [1.82, 2.24) is 19.9 Å². The van der Waals surface area contributed by atoms with Gasteiger partial charge >= 0.3 is 0 Å². The van der Waals surface area contributed by atoms with Gasteiger partial charge in [-0.2, -0.15) is 0 Å². The van der Waals surface area contributed by atoms with E-state index in [2.05, 4.69) is 10.3 Å². The number of fused-ring (bicyclic) bond motifs is 1. The maximum absolute atomic E-state index is 12.6. The van der Waals surface area contributed by atoms with Crippen LogP contribution in [0.4, 0.5) is 0 Å². The summed E-state index contributed by atoms with van der Waals surface area (Å²) in [5.74, 6) is 0.722. The SMILES string of the molecule is Cc1cnnn1C[C@H]1CC[C@@H]2[C@@H]1OCCN2C(=O)c1ccco1. The number of carbonyl (C=O) groups is 1. The molecular formula is C16H20N4O3. The van der Waals surface area contributed by atoms with Gasteiger partial charge in [-0.05, 0) is 31.9 Å². The van der Waals surface area contributed by atoms with Crippen LogP contribution >= 0.6 is 0 Å². The van der Waals surface area contributed by atoms with E-state index in [1.807, 2.05) is 16.5 Å². The van der Waals surface area contributed by atoms with Crippen molar-refractivity contribution in [1.29, 1.82) is 0 Å². The molecule has 1 amide bonds. The Morgan fingerprint density at radius 1 is 1.43 bits per heavy atom.